The Labute approximate surface area is 222 Å². The number of rotatable bonds is 6. The second-order valence-electron chi connectivity index (χ2n) is 10.6. The number of nitrogens with zero attached hydrogens (tertiary/aromatic N) is 6. The van der Waals surface area contributed by atoms with E-state index in [1.54, 1.807) is 0 Å². The molecule has 0 radical (unpaired) electrons. The summed E-state index contributed by atoms with van der Waals surface area (Å²) in [6.45, 7) is 10.4. The average Bonchev–Trinajstić information content (AvgIpc) is 3.53. The van der Waals surface area contributed by atoms with Crippen molar-refractivity contribution in [1.29, 1.82) is 0 Å². The van der Waals surface area contributed by atoms with E-state index in [4.69, 9.17) is 0 Å². The topological polar surface area (TPSA) is 69.5 Å². The minimum absolute atomic E-state index is 0.0599. The molecule has 7 nitrogen and oxygen atoms in total. The molecule has 3 aromatic rings. The van der Waals surface area contributed by atoms with E-state index in [9.17, 15) is 4.39 Å². The Kier molecular flexibility index (Phi) is 6.65. The van der Waals surface area contributed by atoms with Crippen LogP contribution in [0.4, 0.5) is 26.2 Å². The first kappa shape index (κ1) is 25.0. The van der Waals surface area contributed by atoms with E-state index in [0.717, 1.165) is 88.0 Å². The fourth-order valence-corrected chi connectivity index (χ4v) is 6.15. The van der Waals surface area contributed by atoms with E-state index in [1.165, 1.54) is 6.07 Å². The number of benzene rings is 1. The second-order valence-corrected chi connectivity index (χ2v) is 10.6. The molecule has 2 aliphatic heterocycles. The second kappa shape index (κ2) is 10.1. The first-order valence-corrected chi connectivity index (χ1v) is 13.5. The van der Waals surface area contributed by atoms with E-state index in [2.05, 4.69) is 42.0 Å². The Morgan fingerprint density at radius 1 is 0.947 bits per heavy atom. The molecule has 1 N–H and O–H groups in total. The van der Waals surface area contributed by atoms with E-state index >= 15 is 4.39 Å². The monoisotopic (exact) mass is 517 g/mol. The van der Waals surface area contributed by atoms with Crippen LogP contribution in [0.15, 0.2) is 41.7 Å². The van der Waals surface area contributed by atoms with Crippen molar-refractivity contribution in [1.82, 2.24) is 24.8 Å². The predicted molar refractivity (Wildman–Crippen MR) is 145 cm³/mol. The molecule has 6 rings (SSSR count). The van der Waals surface area contributed by atoms with Crippen LogP contribution in [-0.2, 0) is 12.0 Å². The maximum atomic E-state index is 15.2. The lowest BCUT2D eigenvalue weighted by Crippen LogP contribution is -2.45. The summed E-state index contributed by atoms with van der Waals surface area (Å²) >= 11 is 0. The molecule has 2 aromatic heterocycles. The average molecular weight is 518 g/mol. The van der Waals surface area contributed by atoms with Crippen molar-refractivity contribution in [3.8, 4) is 11.3 Å². The lowest BCUT2D eigenvalue weighted by atomic mass is 9.76. The third-order valence-corrected chi connectivity index (χ3v) is 8.41. The van der Waals surface area contributed by atoms with Crippen LogP contribution in [0.5, 0.6) is 0 Å². The van der Waals surface area contributed by atoms with Gasteiger partial charge in [-0.2, -0.15) is 0 Å². The molecule has 2 fully saturated rings. The third kappa shape index (κ3) is 4.58. The summed E-state index contributed by atoms with van der Waals surface area (Å²) in [5.74, 6) is -0.267. The zero-order chi connectivity index (χ0) is 26.3. The van der Waals surface area contributed by atoms with Gasteiger partial charge in [-0.25, -0.2) is 23.7 Å². The van der Waals surface area contributed by atoms with Gasteiger partial charge in [0.1, 0.15) is 23.0 Å². The molecular formula is C29H33F2N7. The molecule has 0 amide bonds. The largest absolute Gasteiger partial charge is 0.309 e. The Balaban J connectivity index is 1.20. The van der Waals surface area contributed by atoms with Crippen molar-refractivity contribution in [2.75, 3.05) is 38.0 Å². The highest BCUT2D eigenvalue weighted by Crippen LogP contribution is 2.52. The van der Waals surface area contributed by atoms with Crippen LogP contribution in [0.25, 0.3) is 11.3 Å². The number of piperazine rings is 1. The molecule has 4 heterocycles. The first-order valence-electron chi connectivity index (χ1n) is 13.5. The number of nitrogens with one attached hydrogen (secondary N) is 1. The normalized spacial score (nSPS) is 19.1. The van der Waals surface area contributed by atoms with Crippen molar-refractivity contribution < 1.29 is 8.78 Å². The van der Waals surface area contributed by atoms with E-state index in [1.807, 2.05) is 31.3 Å². The summed E-state index contributed by atoms with van der Waals surface area (Å²) in [5.41, 5.74) is 3.53. The van der Waals surface area contributed by atoms with Gasteiger partial charge in [0.2, 0.25) is 5.95 Å². The van der Waals surface area contributed by atoms with Gasteiger partial charge >= 0.3 is 0 Å². The standard InChI is InChI=1S/C29H33F2N7/c1-3-37-10-12-38(13-11-37)18-20-6-7-25(32-16-20)35-28-33-17-24(31)26(36-28)21-14-22-27(23(30)15-21)34-19(2)29(22)8-4-5-9-29/h6-7,14-17H,3-5,8-13,18H2,1-2H3,(H,32,33,35,36). The molecule has 0 bridgehead atoms. The summed E-state index contributed by atoms with van der Waals surface area (Å²) in [7, 11) is 0. The zero-order valence-electron chi connectivity index (χ0n) is 22.0. The predicted octanol–water partition coefficient (Wildman–Crippen LogP) is 5.62. The van der Waals surface area contributed by atoms with Crippen molar-refractivity contribution in [2.24, 2.45) is 4.99 Å². The molecule has 0 atom stereocenters. The molecule has 1 saturated heterocycles. The molecular weight excluding hydrogens is 484 g/mol. The number of aliphatic imine (C=N–C) groups is 1. The Morgan fingerprint density at radius 2 is 1.71 bits per heavy atom. The summed E-state index contributed by atoms with van der Waals surface area (Å²) < 4.78 is 30.1. The van der Waals surface area contributed by atoms with Crippen LogP contribution in [0.3, 0.4) is 0 Å². The van der Waals surface area contributed by atoms with Gasteiger partial charge in [-0.15, -0.1) is 0 Å². The molecule has 1 aromatic carbocycles. The Bertz CT molecular complexity index is 1360. The summed E-state index contributed by atoms with van der Waals surface area (Å²) in [6, 6.07) is 7.10. The van der Waals surface area contributed by atoms with Gasteiger partial charge in [0.25, 0.3) is 0 Å². The molecule has 3 aliphatic rings. The molecule has 9 heteroatoms. The van der Waals surface area contributed by atoms with Crippen LogP contribution in [-0.4, -0.2) is 63.2 Å². The van der Waals surface area contributed by atoms with Gasteiger partial charge in [-0.05, 0) is 55.6 Å². The fraction of sp³-hybridized carbons (Fsp3) is 0.448. The Morgan fingerprint density at radius 3 is 2.42 bits per heavy atom. The lowest BCUT2D eigenvalue weighted by molar-refractivity contribution is 0.132. The molecule has 1 spiro atoms. The van der Waals surface area contributed by atoms with Gasteiger partial charge in [0.05, 0.1) is 6.20 Å². The smallest absolute Gasteiger partial charge is 0.229 e. The number of likely N-dealkylation sites (N-methyl/N-ethyl adjacent to an activating group) is 1. The number of pyridine rings is 1. The van der Waals surface area contributed by atoms with Crippen molar-refractivity contribution in [3.05, 3.63) is 59.4 Å². The van der Waals surface area contributed by atoms with Gasteiger partial charge in [0, 0.05) is 55.6 Å². The van der Waals surface area contributed by atoms with E-state index in [-0.39, 0.29) is 17.1 Å². The highest BCUT2D eigenvalue weighted by atomic mass is 19.1. The maximum absolute atomic E-state index is 15.2. The Hall–Kier alpha value is -3.30. The van der Waals surface area contributed by atoms with Crippen LogP contribution >= 0.6 is 0 Å². The highest BCUT2D eigenvalue weighted by Gasteiger charge is 2.44. The van der Waals surface area contributed by atoms with Crippen molar-refractivity contribution in [2.45, 2.75) is 51.5 Å². The molecule has 1 aliphatic carbocycles. The fourth-order valence-electron chi connectivity index (χ4n) is 6.15. The number of anilines is 2. The van der Waals surface area contributed by atoms with Crippen LogP contribution in [0.1, 0.15) is 50.7 Å². The third-order valence-electron chi connectivity index (χ3n) is 8.41. The van der Waals surface area contributed by atoms with E-state index < -0.39 is 11.6 Å². The minimum atomic E-state index is -0.600. The zero-order valence-corrected chi connectivity index (χ0v) is 22.0. The minimum Gasteiger partial charge on any atom is -0.309 e. The van der Waals surface area contributed by atoms with Gasteiger partial charge in [-0.1, -0.05) is 25.8 Å². The van der Waals surface area contributed by atoms with Crippen LogP contribution in [0, 0.1) is 11.6 Å². The van der Waals surface area contributed by atoms with Crippen LogP contribution in [0.2, 0.25) is 0 Å². The number of aromatic nitrogens is 3. The van der Waals surface area contributed by atoms with Gasteiger partial charge in [-0.3, -0.25) is 9.89 Å². The van der Waals surface area contributed by atoms with E-state index in [0.29, 0.717) is 17.1 Å². The summed E-state index contributed by atoms with van der Waals surface area (Å²) in [5, 5.41) is 3.07. The van der Waals surface area contributed by atoms with Gasteiger partial charge < -0.3 is 10.2 Å². The molecule has 0 unspecified atom stereocenters. The number of hydrogen-bond acceptors (Lipinski definition) is 7. The van der Waals surface area contributed by atoms with Gasteiger partial charge in [0.15, 0.2) is 5.82 Å². The summed E-state index contributed by atoms with van der Waals surface area (Å²) in [4.78, 5) is 22.5. The molecule has 38 heavy (non-hydrogen) atoms. The first-order chi connectivity index (χ1) is 18.4. The lowest BCUT2D eigenvalue weighted by Gasteiger charge is -2.33. The summed E-state index contributed by atoms with van der Waals surface area (Å²) in [6.07, 6.45) is 7.00. The van der Waals surface area contributed by atoms with Crippen molar-refractivity contribution in [3.63, 3.8) is 0 Å². The highest BCUT2D eigenvalue weighted by molar-refractivity contribution is 6.01. The van der Waals surface area contributed by atoms with Crippen LogP contribution < -0.4 is 5.32 Å². The SMILES string of the molecule is CCN1CCN(Cc2ccc(Nc3ncc(F)c(-c4cc(F)c5c(c4)C4(CCCC4)C(C)=N5)n3)nc2)CC1. The molecule has 1 saturated carbocycles. The maximum Gasteiger partial charge on any atom is 0.229 e. The molecule has 198 valence electrons. The van der Waals surface area contributed by atoms with Crippen molar-refractivity contribution >= 4 is 23.2 Å². The number of hydrogen-bond donors (Lipinski definition) is 1. The number of fused-ring (bicyclic) bond motifs is 2. The number of halogens is 2. The quantitative estimate of drug-likeness (QED) is 0.458.